The van der Waals surface area contributed by atoms with Gasteiger partial charge in [-0.25, -0.2) is 9.97 Å². The van der Waals surface area contributed by atoms with Crippen molar-refractivity contribution in [3.05, 3.63) is 59.9 Å². The van der Waals surface area contributed by atoms with Crippen molar-refractivity contribution in [3.63, 3.8) is 0 Å². The summed E-state index contributed by atoms with van der Waals surface area (Å²) in [6.45, 7) is 2.97. The van der Waals surface area contributed by atoms with E-state index >= 15 is 0 Å². The number of aromatic nitrogens is 3. The number of nitrogens with two attached hydrogens (primary N) is 1. The first-order valence-corrected chi connectivity index (χ1v) is 11.0. The average molecular weight is 416 g/mol. The molecule has 160 valence electrons. The number of benzene rings is 2. The lowest BCUT2D eigenvalue weighted by Gasteiger charge is -2.10. The first-order chi connectivity index (χ1) is 15.1. The molecule has 2 heterocycles. The molecule has 0 aliphatic rings. The molecule has 0 unspecified atom stereocenters. The zero-order valence-corrected chi connectivity index (χ0v) is 18.2. The summed E-state index contributed by atoms with van der Waals surface area (Å²) in [4.78, 5) is 21.7. The van der Waals surface area contributed by atoms with Crippen LogP contribution < -0.4 is 11.1 Å². The Kier molecular flexibility index (Phi) is 6.16. The van der Waals surface area contributed by atoms with Crippen molar-refractivity contribution in [2.45, 2.75) is 45.6 Å². The van der Waals surface area contributed by atoms with E-state index < -0.39 is 0 Å². The minimum absolute atomic E-state index is 0.204. The molecule has 31 heavy (non-hydrogen) atoms. The zero-order valence-electron chi connectivity index (χ0n) is 18.2. The highest BCUT2D eigenvalue weighted by molar-refractivity contribution is 6.06. The third-order valence-electron chi connectivity index (χ3n) is 5.79. The molecule has 0 bridgehead atoms. The fourth-order valence-corrected chi connectivity index (χ4v) is 4.12. The van der Waals surface area contributed by atoms with Crippen molar-refractivity contribution in [2.24, 2.45) is 0 Å². The van der Waals surface area contributed by atoms with Crippen LogP contribution in [0.25, 0.3) is 21.9 Å². The van der Waals surface area contributed by atoms with E-state index in [2.05, 4.69) is 27.9 Å². The van der Waals surface area contributed by atoms with Crippen molar-refractivity contribution in [1.29, 1.82) is 0 Å². The number of nitrogens with zero attached hydrogens (tertiary/aromatic N) is 3. The van der Waals surface area contributed by atoms with Gasteiger partial charge in [-0.05, 0) is 43.2 Å². The Labute approximate surface area is 182 Å². The molecule has 4 rings (SSSR count). The maximum Gasteiger partial charge on any atom is 0.162 e. The van der Waals surface area contributed by atoms with Gasteiger partial charge in [-0.3, -0.25) is 4.79 Å². The summed E-state index contributed by atoms with van der Waals surface area (Å²) in [7, 11) is 1.87. The number of nitrogens with one attached hydrogen (secondary N) is 1. The van der Waals surface area contributed by atoms with Gasteiger partial charge in [-0.1, -0.05) is 31.5 Å². The molecule has 0 saturated heterocycles. The molecule has 0 fully saturated rings. The number of hydrogen-bond acceptors (Lipinski definition) is 5. The second-order valence-corrected chi connectivity index (χ2v) is 7.81. The van der Waals surface area contributed by atoms with E-state index in [9.17, 15) is 4.79 Å². The summed E-state index contributed by atoms with van der Waals surface area (Å²) in [5.74, 6) is 1.72. The van der Waals surface area contributed by atoms with Crippen LogP contribution in [0.15, 0.2) is 48.5 Å². The summed E-state index contributed by atoms with van der Waals surface area (Å²) >= 11 is 0. The van der Waals surface area contributed by atoms with Gasteiger partial charge in [0.2, 0.25) is 0 Å². The van der Waals surface area contributed by atoms with Crippen molar-refractivity contribution < 1.29 is 4.79 Å². The lowest BCUT2D eigenvalue weighted by Crippen LogP contribution is -2.04. The number of fused-ring (bicyclic) bond motifs is 3. The molecule has 0 spiro atoms. The van der Waals surface area contributed by atoms with E-state index in [0.717, 1.165) is 71.2 Å². The van der Waals surface area contributed by atoms with Crippen LogP contribution in [0, 0.1) is 0 Å². The van der Waals surface area contributed by atoms with E-state index in [1.54, 1.807) is 0 Å². The first kappa shape index (κ1) is 20.8. The smallest absolute Gasteiger partial charge is 0.162 e. The third-order valence-corrected chi connectivity index (χ3v) is 5.79. The van der Waals surface area contributed by atoms with Crippen LogP contribution in [0.2, 0.25) is 0 Å². The predicted molar refractivity (Wildman–Crippen MR) is 128 cm³/mol. The number of ketones is 1. The molecule has 4 aromatic rings. The van der Waals surface area contributed by atoms with Crippen LogP contribution >= 0.6 is 0 Å². The molecular formula is C25H29N5O. The topological polar surface area (TPSA) is 85.8 Å². The zero-order chi connectivity index (χ0) is 21.8. The van der Waals surface area contributed by atoms with E-state index in [1.165, 1.54) is 0 Å². The summed E-state index contributed by atoms with van der Waals surface area (Å²) in [6, 6.07) is 15.7. The monoisotopic (exact) mass is 415 g/mol. The van der Waals surface area contributed by atoms with E-state index in [-0.39, 0.29) is 5.78 Å². The quantitative estimate of drug-likeness (QED) is 0.289. The molecule has 0 atom stereocenters. The highest BCUT2D eigenvalue weighted by Gasteiger charge is 2.16. The number of hydrogen-bond donors (Lipinski definition) is 2. The molecule has 2 aromatic carbocycles. The number of anilines is 2. The Morgan fingerprint density at radius 1 is 1.03 bits per heavy atom. The number of para-hydroxylation sites is 1. The fraction of sp³-hybridized carbons (Fsp3) is 0.320. The van der Waals surface area contributed by atoms with Crippen molar-refractivity contribution in [1.82, 2.24) is 14.5 Å². The molecule has 3 N–H and O–H groups in total. The van der Waals surface area contributed by atoms with Crippen LogP contribution in [0.5, 0.6) is 0 Å². The maximum atomic E-state index is 12.4. The number of nitrogen functional groups attached to an aromatic ring is 1. The Morgan fingerprint density at radius 3 is 2.55 bits per heavy atom. The first-order valence-electron chi connectivity index (χ1n) is 11.0. The number of pyridine rings is 1. The normalized spacial score (nSPS) is 11.3. The van der Waals surface area contributed by atoms with Crippen molar-refractivity contribution in [3.8, 4) is 0 Å². The maximum absolute atomic E-state index is 12.4. The van der Waals surface area contributed by atoms with E-state index in [4.69, 9.17) is 10.7 Å². The van der Waals surface area contributed by atoms with Crippen molar-refractivity contribution >= 4 is 39.2 Å². The SMILES string of the molecule is CCc1nc2c(N)nc3ccccc3c2n1CCCCCC(=O)c1ccc(NC)cc1. The van der Waals surface area contributed by atoms with Crippen LogP contribution in [-0.2, 0) is 13.0 Å². The van der Waals surface area contributed by atoms with Gasteiger partial charge in [0.25, 0.3) is 0 Å². The fourth-order valence-electron chi connectivity index (χ4n) is 4.12. The minimum atomic E-state index is 0.204. The van der Waals surface area contributed by atoms with Crippen molar-refractivity contribution in [2.75, 3.05) is 18.1 Å². The Bertz CT molecular complexity index is 1210. The number of carbonyl (C=O) groups excluding carboxylic acids is 1. The molecule has 2 aromatic heterocycles. The second-order valence-electron chi connectivity index (χ2n) is 7.81. The van der Waals surface area contributed by atoms with Gasteiger partial charge < -0.3 is 15.6 Å². The van der Waals surface area contributed by atoms with Gasteiger partial charge >= 0.3 is 0 Å². The van der Waals surface area contributed by atoms with Crippen LogP contribution in [0.4, 0.5) is 11.5 Å². The molecule has 0 amide bonds. The second kappa shape index (κ2) is 9.16. The largest absolute Gasteiger partial charge is 0.388 e. The predicted octanol–water partition coefficient (Wildman–Crippen LogP) is 5.21. The lowest BCUT2D eigenvalue weighted by molar-refractivity contribution is 0.0979. The number of imidazole rings is 1. The number of unbranched alkanes of at least 4 members (excludes halogenated alkanes) is 2. The number of carbonyl (C=O) groups is 1. The molecular weight excluding hydrogens is 386 g/mol. The Balaban J connectivity index is 1.43. The highest BCUT2D eigenvalue weighted by Crippen LogP contribution is 2.29. The molecule has 0 aliphatic heterocycles. The lowest BCUT2D eigenvalue weighted by atomic mass is 10.0. The van der Waals surface area contributed by atoms with E-state index in [0.29, 0.717) is 12.2 Å². The molecule has 6 heteroatoms. The minimum Gasteiger partial charge on any atom is -0.388 e. The standard InChI is InChI=1S/C25H29N5O/c1-3-22-29-23-24(19-9-6-7-10-20(19)28-25(23)26)30(22)16-8-4-5-11-21(31)17-12-14-18(27-2)15-13-17/h6-7,9-10,12-15,27H,3-5,8,11,16H2,1-2H3,(H2,26,28). The molecule has 6 nitrogen and oxygen atoms in total. The molecule has 0 saturated carbocycles. The number of aryl methyl sites for hydroxylation is 2. The van der Waals surface area contributed by atoms with Crippen LogP contribution in [-0.4, -0.2) is 27.4 Å². The third kappa shape index (κ3) is 4.24. The summed E-state index contributed by atoms with van der Waals surface area (Å²) < 4.78 is 2.29. The molecule has 0 radical (unpaired) electrons. The average Bonchev–Trinajstić information content (AvgIpc) is 3.18. The van der Waals surface area contributed by atoms with Gasteiger partial charge in [0.05, 0.1) is 11.0 Å². The summed E-state index contributed by atoms with van der Waals surface area (Å²) in [6.07, 6.45) is 4.27. The van der Waals surface area contributed by atoms with Gasteiger partial charge in [0.1, 0.15) is 11.3 Å². The molecule has 0 aliphatic carbocycles. The summed E-state index contributed by atoms with van der Waals surface area (Å²) in [5.41, 5.74) is 10.8. The number of Topliss-reactive ketones (excluding diaryl/α,β-unsaturated/α-hetero) is 1. The van der Waals surface area contributed by atoms with Gasteiger partial charge in [0.15, 0.2) is 11.6 Å². The summed E-state index contributed by atoms with van der Waals surface area (Å²) in [5, 5.41) is 4.15. The number of rotatable bonds is 9. The Morgan fingerprint density at radius 2 is 1.81 bits per heavy atom. The van der Waals surface area contributed by atoms with Gasteiger partial charge in [-0.15, -0.1) is 0 Å². The van der Waals surface area contributed by atoms with Crippen LogP contribution in [0.3, 0.4) is 0 Å². The van der Waals surface area contributed by atoms with E-state index in [1.807, 2.05) is 49.5 Å². The van der Waals surface area contributed by atoms with Gasteiger partial charge in [-0.2, -0.15) is 0 Å². The van der Waals surface area contributed by atoms with Gasteiger partial charge in [0, 0.05) is 43.1 Å². The van der Waals surface area contributed by atoms with Crippen LogP contribution in [0.1, 0.15) is 48.8 Å². The Hall–Kier alpha value is -3.41. The highest BCUT2D eigenvalue weighted by atomic mass is 16.1.